The Morgan fingerprint density at radius 1 is 1.21 bits per heavy atom. The monoisotopic (exact) mass is 396 g/mol. The van der Waals surface area contributed by atoms with Crippen molar-refractivity contribution in [3.05, 3.63) is 48.0 Å². The number of carbonyl (C=O) groups excluding carboxylic acids is 2. The molecule has 0 saturated carbocycles. The van der Waals surface area contributed by atoms with E-state index in [-0.39, 0.29) is 18.4 Å². The van der Waals surface area contributed by atoms with E-state index in [1.807, 2.05) is 24.3 Å². The number of rotatable bonds is 8. The van der Waals surface area contributed by atoms with Crippen molar-refractivity contribution in [2.75, 3.05) is 23.4 Å². The van der Waals surface area contributed by atoms with E-state index in [1.54, 1.807) is 30.0 Å². The Morgan fingerprint density at radius 2 is 2.03 bits per heavy atom. The Balaban J connectivity index is 1.67. The molecule has 154 valence electrons. The zero-order valence-electron chi connectivity index (χ0n) is 17.2. The molecule has 2 aromatic rings. The van der Waals surface area contributed by atoms with Crippen molar-refractivity contribution in [2.45, 2.75) is 46.1 Å². The zero-order valence-corrected chi connectivity index (χ0v) is 17.2. The maximum absolute atomic E-state index is 12.5. The van der Waals surface area contributed by atoms with E-state index < -0.39 is 6.10 Å². The number of fused-ring (bicyclic) bond motifs is 1. The molecule has 1 atom stereocenters. The minimum Gasteiger partial charge on any atom is -0.484 e. The van der Waals surface area contributed by atoms with E-state index in [9.17, 15) is 9.59 Å². The lowest BCUT2D eigenvalue weighted by Gasteiger charge is -2.33. The quantitative estimate of drug-likeness (QED) is 0.727. The van der Waals surface area contributed by atoms with E-state index >= 15 is 0 Å². The van der Waals surface area contributed by atoms with Crippen LogP contribution in [0.3, 0.4) is 0 Å². The SMILES string of the molecule is CCCCN1C(=O)C(C)Oc2ccc(NC(=O)COc3cccc(CC)c3)cc21. The second-order valence-electron chi connectivity index (χ2n) is 7.12. The molecule has 0 radical (unpaired) electrons. The molecule has 3 rings (SSSR count). The van der Waals surface area contributed by atoms with E-state index in [2.05, 4.69) is 19.2 Å². The molecule has 1 N–H and O–H groups in total. The van der Waals surface area contributed by atoms with Crippen LogP contribution < -0.4 is 19.7 Å². The van der Waals surface area contributed by atoms with Crippen LogP contribution in [0.5, 0.6) is 11.5 Å². The first-order valence-corrected chi connectivity index (χ1v) is 10.2. The van der Waals surface area contributed by atoms with Gasteiger partial charge in [-0.1, -0.05) is 32.4 Å². The summed E-state index contributed by atoms with van der Waals surface area (Å²) in [6.07, 6.45) is 2.29. The molecule has 1 heterocycles. The highest BCUT2D eigenvalue weighted by Gasteiger charge is 2.31. The predicted octanol–water partition coefficient (Wildman–Crippen LogP) is 4.18. The summed E-state index contributed by atoms with van der Waals surface area (Å²) >= 11 is 0. The standard InChI is InChI=1S/C23H28N2O4/c1-4-6-12-25-20-14-18(10-11-21(20)29-16(3)23(25)27)24-22(26)15-28-19-9-7-8-17(5-2)13-19/h7-11,13-14,16H,4-6,12,15H2,1-3H3,(H,24,26). The number of hydrogen-bond acceptors (Lipinski definition) is 4. The fraction of sp³-hybridized carbons (Fsp3) is 0.391. The molecule has 6 nitrogen and oxygen atoms in total. The van der Waals surface area contributed by atoms with Crippen LogP contribution in [-0.4, -0.2) is 31.1 Å². The van der Waals surface area contributed by atoms with Gasteiger partial charge in [-0.2, -0.15) is 0 Å². The Morgan fingerprint density at radius 3 is 2.79 bits per heavy atom. The van der Waals surface area contributed by atoms with Gasteiger partial charge in [0.25, 0.3) is 11.8 Å². The number of carbonyl (C=O) groups is 2. The lowest BCUT2D eigenvalue weighted by Crippen LogP contribution is -2.44. The highest BCUT2D eigenvalue weighted by molar-refractivity contribution is 6.01. The Kier molecular flexibility index (Phi) is 6.75. The summed E-state index contributed by atoms with van der Waals surface area (Å²) in [6.45, 7) is 6.45. The summed E-state index contributed by atoms with van der Waals surface area (Å²) in [5.41, 5.74) is 2.45. The van der Waals surface area contributed by atoms with E-state index in [0.29, 0.717) is 29.4 Å². The van der Waals surface area contributed by atoms with Crippen molar-refractivity contribution in [3.8, 4) is 11.5 Å². The van der Waals surface area contributed by atoms with Crippen LogP contribution in [-0.2, 0) is 16.0 Å². The van der Waals surface area contributed by atoms with Gasteiger partial charge in [0.05, 0.1) is 5.69 Å². The van der Waals surface area contributed by atoms with Gasteiger partial charge in [0.15, 0.2) is 12.7 Å². The van der Waals surface area contributed by atoms with Gasteiger partial charge < -0.3 is 19.7 Å². The first-order valence-electron chi connectivity index (χ1n) is 10.2. The van der Waals surface area contributed by atoms with Gasteiger partial charge >= 0.3 is 0 Å². The first kappa shape index (κ1) is 20.7. The number of aryl methyl sites for hydroxylation is 1. The molecule has 0 aromatic heterocycles. The van der Waals surface area contributed by atoms with Gasteiger partial charge in [-0.05, 0) is 55.7 Å². The maximum Gasteiger partial charge on any atom is 0.267 e. The number of unbranched alkanes of at least 4 members (excludes halogenated alkanes) is 1. The number of anilines is 2. The molecule has 0 aliphatic carbocycles. The number of amides is 2. The molecule has 1 unspecified atom stereocenters. The predicted molar refractivity (Wildman–Crippen MR) is 114 cm³/mol. The first-order chi connectivity index (χ1) is 14.0. The third-order valence-corrected chi connectivity index (χ3v) is 4.86. The van der Waals surface area contributed by atoms with Crippen molar-refractivity contribution >= 4 is 23.2 Å². The number of nitrogens with zero attached hydrogens (tertiary/aromatic N) is 1. The summed E-state index contributed by atoms with van der Waals surface area (Å²) in [5.74, 6) is 0.999. The fourth-order valence-electron chi connectivity index (χ4n) is 3.23. The van der Waals surface area contributed by atoms with E-state index in [4.69, 9.17) is 9.47 Å². The van der Waals surface area contributed by atoms with Gasteiger partial charge in [-0.25, -0.2) is 0 Å². The number of benzene rings is 2. The molecule has 6 heteroatoms. The van der Waals surface area contributed by atoms with E-state index in [0.717, 1.165) is 24.8 Å². The molecular weight excluding hydrogens is 368 g/mol. The van der Waals surface area contributed by atoms with Crippen molar-refractivity contribution < 1.29 is 19.1 Å². The minimum atomic E-state index is -0.507. The van der Waals surface area contributed by atoms with E-state index in [1.165, 1.54) is 0 Å². The van der Waals surface area contributed by atoms with Crippen LogP contribution in [0.2, 0.25) is 0 Å². The Labute approximate surface area is 171 Å². The largest absolute Gasteiger partial charge is 0.484 e. The molecule has 0 fully saturated rings. The maximum atomic E-state index is 12.5. The molecule has 0 bridgehead atoms. The van der Waals surface area contributed by atoms with Crippen molar-refractivity contribution in [3.63, 3.8) is 0 Å². The Hall–Kier alpha value is -3.02. The topological polar surface area (TPSA) is 67.9 Å². The summed E-state index contributed by atoms with van der Waals surface area (Å²) in [4.78, 5) is 26.6. The normalized spacial score (nSPS) is 15.5. The number of nitrogens with one attached hydrogen (secondary N) is 1. The van der Waals surface area contributed by atoms with Gasteiger partial charge in [0.2, 0.25) is 0 Å². The van der Waals surface area contributed by atoms with Crippen LogP contribution in [0, 0.1) is 0 Å². The molecule has 29 heavy (non-hydrogen) atoms. The minimum absolute atomic E-state index is 0.0615. The second-order valence-corrected chi connectivity index (χ2v) is 7.12. The average Bonchev–Trinajstić information content (AvgIpc) is 2.73. The molecule has 1 aliphatic heterocycles. The lowest BCUT2D eigenvalue weighted by molar-refractivity contribution is -0.125. The average molecular weight is 396 g/mol. The Bertz CT molecular complexity index is 881. The molecule has 2 amide bonds. The number of ether oxygens (including phenoxy) is 2. The van der Waals surface area contributed by atoms with Crippen LogP contribution >= 0.6 is 0 Å². The van der Waals surface area contributed by atoms with Crippen LogP contribution in [0.25, 0.3) is 0 Å². The van der Waals surface area contributed by atoms with Gasteiger partial charge in [0.1, 0.15) is 11.5 Å². The summed E-state index contributed by atoms with van der Waals surface area (Å²) in [5, 5.41) is 2.84. The second kappa shape index (κ2) is 9.45. The van der Waals surface area contributed by atoms with Gasteiger partial charge in [0, 0.05) is 12.2 Å². The highest BCUT2D eigenvalue weighted by Crippen LogP contribution is 2.36. The van der Waals surface area contributed by atoms with Crippen LogP contribution in [0.1, 0.15) is 39.2 Å². The van der Waals surface area contributed by atoms with Crippen LogP contribution in [0.15, 0.2) is 42.5 Å². The molecule has 0 saturated heterocycles. The smallest absolute Gasteiger partial charge is 0.267 e. The molecule has 0 spiro atoms. The van der Waals surface area contributed by atoms with Crippen molar-refractivity contribution in [2.24, 2.45) is 0 Å². The van der Waals surface area contributed by atoms with Crippen molar-refractivity contribution in [1.29, 1.82) is 0 Å². The third kappa shape index (κ3) is 5.08. The third-order valence-electron chi connectivity index (χ3n) is 4.86. The molecule has 1 aliphatic rings. The van der Waals surface area contributed by atoms with Gasteiger partial charge in [-0.15, -0.1) is 0 Å². The van der Waals surface area contributed by atoms with Gasteiger partial charge in [-0.3, -0.25) is 9.59 Å². The highest BCUT2D eigenvalue weighted by atomic mass is 16.5. The fourth-order valence-corrected chi connectivity index (χ4v) is 3.23. The molecular formula is C23H28N2O4. The summed E-state index contributed by atoms with van der Waals surface area (Å²) in [6, 6.07) is 13.0. The number of hydrogen-bond donors (Lipinski definition) is 1. The lowest BCUT2D eigenvalue weighted by atomic mass is 10.1. The summed E-state index contributed by atoms with van der Waals surface area (Å²) < 4.78 is 11.3. The zero-order chi connectivity index (χ0) is 20.8. The van der Waals surface area contributed by atoms with Crippen LogP contribution in [0.4, 0.5) is 11.4 Å². The molecule has 2 aromatic carbocycles. The van der Waals surface area contributed by atoms with Crippen molar-refractivity contribution in [1.82, 2.24) is 0 Å². The summed E-state index contributed by atoms with van der Waals surface area (Å²) in [7, 11) is 0.